The van der Waals surface area contributed by atoms with Gasteiger partial charge in [-0.3, -0.25) is 14.9 Å². The molecule has 0 bridgehead atoms. The number of ether oxygens (including phenoxy) is 1. The molecular formula is C24H21Cl3N4O3S2. The fourth-order valence-electron chi connectivity index (χ4n) is 3.82. The molecule has 4 rings (SSSR count). The maximum atomic E-state index is 12.7. The van der Waals surface area contributed by atoms with Crippen molar-refractivity contribution < 1.29 is 14.3 Å². The summed E-state index contributed by atoms with van der Waals surface area (Å²) in [5, 5.41) is 8.56. The predicted octanol–water partition coefficient (Wildman–Crippen LogP) is 5.81. The lowest BCUT2D eigenvalue weighted by Crippen LogP contribution is -2.48. The van der Waals surface area contributed by atoms with E-state index >= 15 is 0 Å². The topological polar surface area (TPSA) is 73.9 Å². The van der Waals surface area contributed by atoms with E-state index in [9.17, 15) is 9.59 Å². The van der Waals surface area contributed by atoms with Crippen molar-refractivity contribution in [3.8, 4) is 5.75 Å². The molecule has 36 heavy (non-hydrogen) atoms. The van der Waals surface area contributed by atoms with E-state index in [1.165, 1.54) is 30.6 Å². The molecule has 2 aromatic carbocycles. The third-order valence-corrected chi connectivity index (χ3v) is 7.39. The minimum atomic E-state index is -0.522. The Balaban J connectivity index is 1.36. The van der Waals surface area contributed by atoms with Gasteiger partial charge in [-0.2, -0.15) is 0 Å². The monoisotopic (exact) mass is 582 g/mol. The minimum Gasteiger partial charge on any atom is -0.494 e. The quantitative estimate of drug-likeness (QED) is 0.370. The van der Waals surface area contributed by atoms with E-state index < -0.39 is 5.91 Å². The highest BCUT2D eigenvalue weighted by molar-refractivity contribution is 7.80. The average molecular weight is 584 g/mol. The Kier molecular flexibility index (Phi) is 8.58. The fraction of sp³-hybridized carbons (Fsp3) is 0.208. The van der Waals surface area contributed by atoms with Crippen molar-refractivity contribution >= 4 is 86.7 Å². The zero-order valence-corrected chi connectivity index (χ0v) is 22.9. The van der Waals surface area contributed by atoms with Crippen molar-refractivity contribution in [1.29, 1.82) is 0 Å². The van der Waals surface area contributed by atoms with Gasteiger partial charge in [-0.1, -0.05) is 40.9 Å². The number of thiocarbonyl (C=S) groups is 1. The van der Waals surface area contributed by atoms with E-state index in [0.29, 0.717) is 41.9 Å². The molecular weight excluding hydrogens is 563 g/mol. The molecule has 0 radical (unpaired) electrons. The van der Waals surface area contributed by atoms with Crippen molar-refractivity contribution in [2.75, 3.05) is 43.5 Å². The van der Waals surface area contributed by atoms with Crippen LogP contribution in [-0.2, 0) is 0 Å². The second kappa shape index (κ2) is 11.7. The molecule has 2 heterocycles. The molecule has 2 amide bonds. The zero-order valence-electron chi connectivity index (χ0n) is 19.0. The van der Waals surface area contributed by atoms with Crippen LogP contribution in [0.4, 0.5) is 11.4 Å². The Hall–Kier alpha value is -2.56. The summed E-state index contributed by atoms with van der Waals surface area (Å²) in [6.07, 6.45) is 0. The largest absolute Gasteiger partial charge is 0.494 e. The SMILES string of the molecule is COc1c(Cl)cc(Cl)cc1C(=O)NC(=S)Nc1ccc(N2CCN(C(=O)c3cccs3)CC2)c(Cl)c1. The first-order valence-corrected chi connectivity index (χ1v) is 13.2. The molecule has 1 aliphatic rings. The smallest absolute Gasteiger partial charge is 0.264 e. The van der Waals surface area contributed by atoms with Crippen molar-refractivity contribution in [2.24, 2.45) is 0 Å². The van der Waals surface area contributed by atoms with E-state index in [-0.39, 0.29) is 27.4 Å². The van der Waals surface area contributed by atoms with Crippen molar-refractivity contribution in [3.63, 3.8) is 0 Å². The molecule has 188 valence electrons. The van der Waals surface area contributed by atoms with Crippen LogP contribution in [0.1, 0.15) is 20.0 Å². The van der Waals surface area contributed by atoms with Crippen LogP contribution >= 0.6 is 58.4 Å². The van der Waals surface area contributed by atoms with Crippen LogP contribution in [0.25, 0.3) is 0 Å². The van der Waals surface area contributed by atoms with E-state index in [2.05, 4.69) is 15.5 Å². The third-order valence-electron chi connectivity index (χ3n) is 5.53. The van der Waals surface area contributed by atoms with Gasteiger partial charge in [0, 0.05) is 36.9 Å². The number of thiophene rings is 1. The number of halogens is 3. The lowest BCUT2D eigenvalue weighted by atomic mass is 10.2. The number of benzene rings is 2. The first-order valence-electron chi connectivity index (χ1n) is 10.8. The molecule has 0 atom stereocenters. The van der Waals surface area contributed by atoms with Gasteiger partial charge in [0.2, 0.25) is 0 Å². The van der Waals surface area contributed by atoms with Gasteiger partial charge in [0.15, 0.2) is 5.11 Å². The molecule has 7 nitrogen and oxygen atoms in total. The predicted molar refractivity (Wildman–Crippen MR) is 151 cm³/mol. The van der Waals surface area contributed by atoms with Gasteiger partial charge in [-0.15, -0.1) is 11.3 Å². The molecule has 1 saturated heterocycles. The number of anilines is 2. The number of piperazine rings is 1. The second-order valence-corrected chi connectivity index (χ2v) is 10.4. The number of nitrogens with one attached hydrogen (secondary N) is 2. The highest BCUT2D eigenvalue weighted by Gasteiger charge is 2.24. The lowest BCUT2D eigenvalue weighted by molar-refractivity contribution is 0.0751. The number of rotatable bonds is 5. The summed E-state index contributed by atoms with van der Waals surface area (Å²) in [5.74, 6) is -0.263. The summed E-state index contributed by atoms with van der Waals surface area (Å²) in [6, 6.07) is 12.1. The first kappa shape index (κ1) is 26.5. The standard InChI is InChI=1S/C24H21Cl3N4O3S2/c1-34-21-16(11-14(25)12-18(21)27)22(32)29-24(35)28-15-4-5-19(17(26)13-15)30-6-8-31(9-7-30)23(33)20-3-2-10-36-20/h2-5,10-13H,6-9H2,1H3,(H2,28,29,32,35). The molecule has 3 aromatic rings. The summed E-state index contributed by atoms with van der Waals surface area (Å²) in [7, 11) is 1.41. The number of hydrogen-bond acceptors (Lipinski definition) is 6. The van der Waals surface area contributed by atoms with Crippen LogP contribution in [-0.4, -0.2) is 55.1 Å². The van der Waals surface area contributed by atoms with Gasteiger partial charge in [-0.25, -0.2) is 0 Å². The molecule has 0 spiro atoms. The van der Waals surface area contributed by atoms with Gasteiger partial charge in [0.25, 0.3) is 11.8 Å². The van der Waals surface area contributed by atoms with Crippen molar-refractivity contribution in [2.45, 2.75) is 0 Å². The molecule has 12 heteroatoms. The maximum absolute atomic E-state index is 12.7. The third kappa shape index (κ3) is 6.04. The normalized spacial score (nSPS) is 13.3. The maximum Gasteiger partial charge on any atom is 0.264 e. The van der Waals surface area contributed by atoms with Gasteiger partial charge < -0.3 is 19.9 Å². The van der Waals surface area contributed by atoms with Crippen molar-refractivity contribution in [1.82, 2.24) is 10.2 Å². The molecule has 2 N–H and O–H groups in total. The summed E-state index contributed by atoms with van der Waals surface area (Å²) < 4.78 is 5.22. The van der Waals surface area contributed by atoms with Crippen LogP contribution in [0, 0.1) is 0 Å². The Morgan fingerprint density at radius 2 is 1.78 bits per heavy atom. The Morgan fingerprint density at radius 1 is 1.03 bits per heavy atom. The lowest BCUT2D eigenvalue weighted by Gasteiger charge is -2.36. The minimum absolute atomic E-state index is 0.0588. The van der Waals surface area contributed by atoms with Gasteiger partial charge >= 0.3 is 0 Å². The summed E-state index contributed by atoms with van der Waals surface area (Å²) >= 11 is 25.4. The number of amides is 2. The number of hydrogen-bond donors (Lipinski definition) is 2. The molecule has 1 aromatic heterocycles. The van der Waals surface area contributed by atoms with Crippen LogP contribution < -0.4 is 20.3 Å². The highest BCUT2D eigenvalue weighted by atomic mass is 35.5. The summed E-state index contributed by atoms with van der Waals surface area (Å²) in [4.78, 5) is 30.0. The summed E-state index contributed by atoms with van der Waals surface area (Å²) in [5.41, 5.74) is 1.62. The van der Waals surface area contributed by atoms with Crippen LogP contribution in [0.15, 0.2) is 47.8 Å². The highest BCUT2D eigenvalue weighted by Crippen LogP contribution is 2.32. The molecule has 0 saturated carbocycles. The van der Waals surface area contributed by atoms with E-state index in [1.807, 2.05) is 34.5 Å². The number of nitrogens with zero attached hydrogens (tertiary/aromatic N) is 2. The van der Waals surface area contributed by atoms with Gasteiger partial charge in [0.05, 0.1) is 33.3 Å². The zero-order chi connectivity index (χ0) is 25.8. The second-order valence-electron chi connectivity index (χ2n) is 7.80. The average Bonchev–Trinajstić information content (AvgIpc) is 3.38. The van der Waals surface area contributed by atoms with E-state index in [0.717, 1.165) is 10.6 Å². The van der Waals surface area contributed by atoms with Crippen LogP contribution in [0.5, 0.6) is 5.75 Å². The van der Waals surface area contributed by atoms with Gasteiger partial charge in [0.1, 0.15) is 5.75 Å². The number of methoxy groups -OCH3 is 1. The van der Waals surface area contributed by atoms with Crippen LogP contribution in [0.2, 0.25) is 15.1 Å². The van der Waals surface area contributed by atoms with E-state index in [4.69, 9.17) is 51.8 Å². The van der Waals surface area contributed by atoms with E-state index in [1.54, 1.807) is 6.07 Å². The number of carbonyl (C=O) groups excluding carboxylic acids is 2. The summed E-state index contributed by atoms with van der Waals surface area (Å²) in [6.45, 7) is 2.56. The Bertz CT molecular complexity index is 1300. The Morgan fingerprint density at radius 3 is 2.42 bits per heavy atom. The molecule has 0 aliphatic carbocycles. The fourth-order valence-corrected chi connectivity index (χ4v) is 5.59. The molecule has 0 unspecified atom stereocenters. The number of carbonyl (C=O) groups is 2. The van der Waals surface area contributed by atoms with Gasteiger partial charge in [-0.05, 0) is 54.0 Å². The first-order chi connectivity index (χ1) is 17.3. The molecule has 1 fully saturated rings. The Labute approximate surface area is 232 Å². The van der Waals surface area contributed by atoms with Crippen LogP contribution in [0.3, 0.4) is 0 Å². The van der Waals surface area contributed by atoms with Crippen molar-refractivity contribution in [3.05, 3.63) is 73.4 Å². The molecule has 1 aliphatic heterocycles.